The Morgan fingerprint density at radius 1 is 1.47 bits per heavy atom. The van der Waals surface area contributed by atoms with Crippen molar-refractivity contribution in [3.05, 3.63) is 22.2 Å². The third-order valence-corrected chi connectivity index (χ3v) is 3.73. The van der Waals surface area contributed by atoms with Crippen molar-refractivity contribution in [2.75, 3.05) is 18.9 Å². The maximum absolute atomic E-state index is 10.7. The van der Waals surface area contributed by atoms with E-state index in [4.69, 9.17) is 10.5 Å². The molecule has 1 aliphatic rings. The number of nitrogen functional groups attached to an aromatic ring is 1. The Hall–Kier alpha value is -1.34. The topological polar surface area (TPSA) is 91.3 Å². The predicted octanol–water partition coefficient (Wildman–Crippen LogP) is 1.84. The Labute approximate surface area is 103 Å². The molecule has 0 radical (unpaired) electrons. The Bertz CT molecular complexity index is 421. The minimum atomic E-state index is -0.452. The number of nitro groups is 1. The summed E-state index contributed by atoms with van der Waals surface area (Å²) in [5, 5.41) is 11.7. The van der Waals surface area contributed by atoms with Crippen molar-refractivity contribution < 1.29 is 9.66 Å². The Morgan fingerprint density at radius 2 is 2.18 bits per heavy atom. The summed E-state index contributed by atoms with van der Waals surface area (Å²) in [5.41, 5.74) is 5.54. The van der Waals surface area contributed by atoms with E-state index in [1.54, 1.807) is 0 Å². The molecule has 6 nitrogen and oxygen atoms in total. The van der Waals surface area contributed by atoms with Gasteiger partial charge >= 0.3 is 0 Å². The monoisotopic (exact) mass is 255 g/mol. The van der Waals surface area contributed by atoms with Crippen molar-refractivity contribution in [1.82, 2.24) is 4.98 Å². The lowest BCUT2D eigenvalue weighted by atomic mass is 10.2. The summed E-state index contributed by atoms with van der Waals surface area (Å²) in [7, 11) is 0. The smallest absolute Gasteiger partial charge is 0.275 e. The molecular formula is C10H13N3O3S. The van der Waals surface area contributed by atoms with Crippen LogP contribution in [0, 0.1) is 10.1 Å². The van der Waals surface area contributed by atoms with Gasteiger partial charge in [0.25, 0.3) is 5.69 Å². The second-order valence-corrected chi connectivity index (χ2v) is 5.10. The predicted molar refractivity (Wildman–Crippen MR) is 65.0 cm³/mol. The maximum atomic E-state index is 10.7. The number of hydrogen-bond acceptors (Lipinski definition) is 6. The molecular weight excluding hydrogens is 242 g/mol. The van der Waals surface area contributed by atoms with Crippen LogP contribution in [0.2, 0.25) is 0 Å². The summed E-state index contributed by atoms with van der Waals surface area (Å²) in [5.74, 6) is 0.189. The van der Waals surface area contributed by atoms with Crippen LogP contribution in [0.25, 0.3) is 0 Å². The highest BCUT2D eigenvalue weighted by atomic mass is 32.2. The first kappa shape index (κ1) is 12.1. The van der Waals surface area contributed by atoms with Gasteiger partial charge in [-0.2, -0.15) is 0 Å². The molecule has 1 saturated heterocycles. The number of rotatable bonds is 3. The zero-order valence-corrected chi connectivity index (χ0v) is 9.98. The number of nitrogens with zero attached hydrogens (tertiary/aromatic N) is 2. The van der Waals surface area contributed by atoms with Gasteiger partial charge in [-0.25, -0.2) is 4.98 Å². The molecule has 92 valence electrons. The summed E-state index contributed by atoms with van der Waals surface area (Å²) < 4.78 is 5.26. The molecule has 17 heavy (non-hydrogen) atoms. The van der Waals surface area contributed by atoms with E-state index in [-0.39, 0.29) is 11.5 Å². The molecule has 0 aromatic carbocycles. The molecule has 1 aromatic heterocycles. The van der Waals surface area contributed by atoms with Crippen LogP contribution in [0.5, 0.6) is 0 Å². The first-order valence-electron chi connectivity index (χ1n) is 5.31. The maximum Gasteiger partial charge on any atom is 0.275 e. The molecule has 1 aromatic rings. The van der Waals surface area contributed by atoms with Gasteiger partial charge in [0.1, 0.15) is 10.8 Å². The van der Waals surface area contributed by atoms with Crippen LogP contribution in [0.1, 0.15) is 12.8 Å². The van der Waals surface area contributed by atoms with Crippen LogP contribution in [0.4, 0.5) is 11.5 Å². The fraction of sp³-hybridized carbons (Fsp3) is 0.500. The third kappa shape index (κ3) is 3.31. The molecule has 0 saturated carbocycles. The van der Waals surface area contributed by atoms with Gasteiger partial charge in [-0.3, -0.25) is 10.1 Å². The molecule has 0 unspecified atom stereocenters. The Balaban J connectivity index is 2.11. The van der Waals surface area contributed by atoms with Crippen molar-refractivity contribution in [3.8, 4) is 0 Å². The van der Waals surface area contributed by atoms with Gasteiger partial charge in [0.2, 0.25) is 0 Å². The van der Waals surface area contributed by atoms with Crippen LogP contribution in [-0.2, 0) is 4.74 Å². The van der Waals surface area contributed by atoms with Gasteiger partial charge in [0, 0.05) is 24.5 Å². The third-order valence-electron chi connectivity index (χ3n) is 2.47. The molecule has 2 rings (SSSR count). The zero-order valence-electron chi connectivity index (χ0n) is 9.17. The fourth-order valence-corrected chi connectivity index (χ4v) is 2.76. The molecule has 2 heterocycles. The van der Waals surface area contributed by atoms with Crippen molar-refractivity contribution >= 4 is 23.3 Å². The van der Waals surface area contributed by atoms with E-state index in [9.17, 15) is 10.1 Å². The summed E-state index contributed by atoms with van der Waals surface area (Å²) in [6.07, 6.45) is 1.88. The number of thioether (sulfide) groups is 1. The Morgan fingerprint density at radius 3 is 2.82 bits per heavy atom. The van der Waals surface area contributed by atoms with Crippen LogP contribution < -0.4 is 5.73 Å². The largest absolute Gasteiger partial charge is 0.383 e. The second-order valence-electron chi connectivity index (χ2n) is 3.78. The van der Waals surface area contributed by atoms with Crippen molar-refractivity contribution in [3.63, 3.8) is 0 Å². The molecule has 0 bridgehead atoms. The first-order chi connectivity index (χ1) is 8.15. The average Bonchev–Trinajstić information content (AvgIpc) is 2.29. The van der Waals surface area contributed by atoms with Crippen molar-refractivity contribution in [2.24, 2.45) is 0 Å². The SMILES string of the molecule is Nc1cc([N+](=O)[O-])cc(SC2CCOCC2)n1. The van der Waals surface area contributed by atoms with E-state index in [0.29, 0.717) is 10.3 Å². The van der Waals surface area contributed by atoms with Gasteiger partial charge in [-0.15, -0.1) is 11.8 Å². The molecule has 2 N–H and O–H groups in total. The van der Waals surface area contributed by atoms with Crippen molar-refractivity contribution in [2.45, 2.75) is 23.1 Å². The van der Waals surface area contributed by atoms with Crippen LogP contribution in [0.15, 0.2) is 17.2 Å². The highest BCUT2D eigenvalue weighted by Gasteiger charge is 2.18. The van der Waals surface area contributed by atoms with E-state index in [0.717, 1.165) is 26.1 Å². The first-order valence-corrected chi connectivity index (χ1v) is 6.19. The van der Waals surface area contributed by atoms with E-state index in [1.807, 2.05) is 0 Å². The quantitative estimate of drug-likeness (QED) is 0.654. The highest BCUT2D eigenvalue weighted by molar-refractivity contribution is 7.99. The summed E-state index contributed by atoms with van der Waals surface area (Å²) in [4.78, 5) is 14.3. The highest BCUT2D eigenvalue weighted by Crippen LogP contribution is 2.31. The van der Waals surface area contributed by atoms with Crippen LogP contribution in [0.3, 0.4) is 0 Å². The number of pyridine rings is 1. The lowest BCUT2D eigenvalue weighted by Gasteiger charge is -2.20. The summed E-state index contributed by atoms with van der Waals surface area (Å²) in [6, 6.07) is 2.74. The Kier molecular flexibility index (Phi) is 3.80. The average molecular weight is 255 g/mol. The van der Waals surface area contributed by atoms with E-state index in [1.165, 1.54) is 23.9 Å². The number of ether oxygens (including phenoxy) is 1. The van der Waals surface area contributed by atoms with Crippen LogP contribution >= 0.6 is 11.8 Å². The van der Waals surface area contributed by atoms with Gasteiger partial charge in [0.05, 0.1) is 11.0 Å². The van der Waals surface area contributed by atoms with Crippen LogP contribution in [-0.4, -0.2) is 28.4 Å². The molecule has 0 amide bonds. The van der Waals surface area contributed by atoms with Gasteiger partial charge in [-0.1, -0.05) is 0 Å². The standard InChI is InChI=1S/C10H13N3O3S/c11-9-5-7(13(14)15)6-10(12-9)17-8-1-3-16-4-2-8/h5-6,8H,1-4H2,(H2,11,12). The molecule has 7 heteroatoms. The lowest BCUT2D eigenvalue weighted by molar-refractivity contribution is -0.385. The number of aromatic nitrogens is 1. The summed E-state index contributed by atoms with van der Waals surface area (Å²) >= 11 is 1.53. The normalized spacial score (nSPS) is 16.9. The van der Waals surface area contributed by atoms with E-state index >= 15 is 0 Å². The minimum absolute atomic E-state index is 0.00735. The van der Waals surface area contributed by atoms with Gasteiger partial charge in [-0.05, 0) is 12.8 Å². The minimum Gasteiger partial charge on any atom is -0.383 e. The molecule has 1 fully saturated rings. The lowest BCUT2D eigenvalue weighted by Crippen LogP contribution is -2.17. The second kappa shape index (κ2) is 5.33. The number of nitrogens with two attached hydrogens (primary N) is 1. The summed E-state index contributed by atoms with van der Waals surface area (Å²) in [6.45, 7) is 1.48. The molecule has 0 atom stereocenters. The van der Waals surface area contributed by atoms with E-state index in [2.05, 4.69) is 4.98 Å². The molecule has 0 spiro atoms. The van der Waals surface area contributed by atoms with Gasteiger partial charge < -0.3 is 10.5 Å². The molecule has 1 aliphatic heterocycles. The number of anilines is 1. The number of hydrogen-bond donors (Lipinski definition) is 1. The van der Waals surface area contributed by atoms with Gasteiger partial charge in [0.15, 0.2) is 0 Å². The van der Waals surface area contributed by atoms with E-state index < -0.39 is 4.92 Å². The molecule has 0 aliphatic carbocycles. The van der Waals surface area contributed by atoms with Crippen molar-refractivity contribution in [1.29, 1.82) is 0 Å². The zero-order chi connectivity index (χ0) is 12.3. The fourth-order valence-electron chi connectivity index (χ4n) is 1.64.